The number of aromatic nitrogens is 1. The summed E-state index contributed by atoms with van der Waals surface area (Å²) in [5.41, 5.74) is 2.78. The number of carbonyl (C=O) groups excluding carboxylic acids is 1. The van der Waals surface area contributed by atoms with E-state index >= 15 is 0 Å². The van der Waals surface area contributed by atoms with Crippen molar-refractivity contribution in [2.24, 2.45) is 0 Å². The molecule has 1 heterocycles. The fraction of sp³-hybridized carbons (Fsp3) is 0.231. The van der Waals surface area contributed by atoms with Gasteiger partial charge in [-0.05, 0) is 78.4 Å². The van der Waals surface area contributed by atoms with Gasteiger partial charge in [-0.3, -0.25) is 0 Å². The number of benzene rings is 2. The fourth-order valence-corrected chi connectivity index (χ4v) is 4.22. The average Bonchev–Trinajstić information content (AvgIpc) is 3.32. The summed E-state index contributed by atoms with van der Waals surface area (Å²) in [7, 11) is 1.27. The quantitative estimate of drug-likeness (QED) is 0.312. The molecule has 34 heavy (non-hydrogen) atoms. The molecule has 176 valence electrons. The summed E-state index contributed by atoms with van der Waals surface area (Å²) in [5.74, 6) is -0.200. The summed E-state index contributed by atoms with van der Waals surface area (Å²) in [6.07, 6.45) is -2.51. The van der Waals surface area contributed by atoms with E-state index in [2.05, 4.69) is 20.9 Å². The molecule has 8 heteroatoms. The van der Waals surface area contributed by atoms with Crippen molar-refractivity contribution < 1.29 is 27.4 Å². The highest BCUT2D eigenvalue weighted by Crippen LogP contribution is 2.44. The van der Waals surface area contributed by atoms with E-state index in [0.29, 0.717) is 29.8 Å². The largest absolute Gasteiger partial charge is 0.488 e. The van der Waals surface area contributed by atoms with Gasteiger partial charge in [0.25, 0.3) is 0 Å². The van der Waals surface area contributed by atoms with Crippen LogP contribution in [-0.2, 0) is 17.5 Å². The second-order valence-corrected chi connectivity index (χ2v) is 8.75. The summed E-state index contributed by atoms with van der Waals surface area (Å²) in [5, 5.41) is 0. The number of ether oxygens (including phenoxy) is 2. The number of hydrogen-bond acceptors (Lipinski definition) is 4. The summed E-state index contributed by atoms with van der Waals surface area (Å²) in [6.45, 7) is 0.213. The van der Waals surface area contributed by atoms with E-state index in [0.717, 1.165) is 39.7 Å². The van der Waals surface area contributed by atoms with E-state index in [4.69, 9.17) is 9.47 Å². The van der Waals surface area contributed by atoms with Crippen molar-refractivity contribution >= 4 is 33.0 Å². The highest BCUT2D eigenvalue weighted by Gasteiger charge is 2.32. The third-order valence-electron chi connectivity index (χ3n) is 5.61. The van der Waals surface area contributed by atoms with Crippen molar-refractivity contribution in [3.8, 4) is 5.75 Å². The summed E-state index contributed by atoms with van der Waals surface area (Å²) in [6, 6.07) is 16.1. The maximum Gasteiger partial charge on any atom is 0.416 e. The maximum atomic E-state index is 13.6. The molecule has 0 unspecified atom stereocenters. The molecule has 0 radical (unpaired) electrons. The first-order chi connectivity index (χ1) is 16.3. The Kier molecular flexibility index (Phi) is 7.07. The van der Waals surface area contributed by atoms with Gasteiger partial charge in [-0.25, -0.2) is 9.78 Å². The van der Waals surface area contributed by atoms with Gasteiger partial charge < -0.3 is 9.47 Å². The molecular formula is C26H21BrF3NO3. The zero-order valence-corrected chi connectivity index (χ0v) is 19.9. The van der Waals surface area contributed by atoms with Gasteiger partial charge in [-0.15, -0.1) is 0 Å². The molecule has 0 atom stereocenters. The van der Waals surface area contributed by atoms with Crippen molar-refractivity contribution in [1.82, 2.24) is 4.98 Å². The van der Waals surface area contributed by atoms with E-state index in [1.54, 1.807) is 18.2 Å². The van der Waals surface area contributed by atoms with Crippen molar-refractivity contribution in [2.75, 3.05) is 7.11 Å². The lowest BCUT2D eigenvalue weighted by molar-refractivity contribution is -0.137. The molecule has 0 bridgehead atoms. The van der Waals surface area contributed by atoms with Crippen LogP contribution >= 0.6 is 15.9 Å². The van der Waals surface area contributed by atoms with E-state index < -0.39 is 17.7 Å². The lowest BCUT2D eigenvalue weighted by Crippen LogP contribution is -2.07. The van der Waals surface area contributed by atoms with E-state index in [9.17, 15) is 18.0 Å². The summed E-state index contributed by atoms with van der Waals surface area (Å²) >= 11 is 3.38. The standard InChI is InChI=1S/C26H21BrF3NO3/c1-33-25(32)23-7-3-6-22(31-23)20-5-2-4-19(20)21-14-17(26(28,29)30)10-13-24(21)34-15-16-8-11-18(27)12-9-16/h3,6-14H,2,4-5,15H2,1H3. The average molecular weight is 532 g/mol. The third-order valence-corrected chi connectivity index (χ3v) is 6.14. The monoisotopic (exact) mass is 531 g/mol. The number of esters is 1. The first-order valence-corrected chi connectivity index (χ1v) is 11.4. The SMILES string of the molecule is COC(=O)c1cccc(C2=C(c3cc(C(F)(F)F)ccc3OCc3ccc(Br)cc3)CCC2)n1. The Bertz CT molecular complexity index is 1240. The zero-order chi connectivity index (χ0) is 24.3. The lowest BCUT2D eigenvalue weighted by Gasteiger charge is -2.17. The first kappa shape index (κ1) is 24.0. The number of allylic oxidation sites excluding steroid dienone is 2. The lowest BCUT2D eigenvalue weighted by atomic mass is 9.97. The molecule has 0 amide bonds. The molecule has 4 nitrogen and oxygen atoms in total. The number of nitrogens with zero attached hydrogens (tertiary/aromatic N) is 1. The van der Waals surface area contributed by atoms with Crippen molar-refractivity contribution in [2.45, 2.75) is 32.0 Å². The highest BCUT2D eigenvalue weighted by atomic mass is 79.9. The van der Waals surface area contributed by atoms with Gasteiger partial charge in [0, 0.05) is 10.0 Å². The predicted molar refractivity (Wildman–Crippen MR) is 126 cm³/mol. The van der Waals surface area contributed by atoms with Crippen LogP contribution in [0.15, 0.2) is 65.1 Å². The number of carbonyl (C=O) groups is 1. The van der Waals surface area contributed by atoms with Gasteiger partial charge in [0.15, 0.2) is 0 Å². The van der Waals surface area contributed by atoms with Crippen LogP contribution in [0.25, 0.3) is 11.1 Å². The molecule has 0 saturated heterocycles. The molecule has 0 aliphatic heterocycles. The molecule has 0 saturated carbocycles. The molecule has 0 spiro atoms. The van der Waals surface area contributed by atoms with Gasteiger partial charge in [0.1, 0.15) is 18.1 Å². The Hall–Kier alpha value is -3.13. The van der Waals surface area contributed by atoms with Crippen LogP contribution in [0.1, 0.15) is 52.1 Å². The van der Waals surface area contributed by atoms with Crippen LogP contribution in [0.4, 0.5) is 13.2 Å². The minimum absolute atomic E-state index is 0.148. The Morgan fingerprint density at radius 1 is 1.03 bits per heavy atom. The number of methoxy groups -OCH3 is 1. The van der Waals surface area contributed by atoms with Gasteiger partial charge in [0.05, 0.1) is 18.4 Å². The topological polar surface area (TPSA) is 48.4 Å². The van der Waals surface area contributed by atoms with Crippen LogP contribution in [0.2, 0.25) is 0 Å². The van der Waals surface area contributed by atoms with E-state index in [-0.39, 0.29) is 12.3 Å². The van der Waals surface area contributed by atoms with Crippen LogP contribution in [0.3, 0.4) is 0 Å². The minimum atomic E-state index is -4.48. The number of hydrogen-bond donors (Lipinski definition) is 0. The highest BCUT2D eigenvalue weighted by molar-refractivity contribution is 9.10. The zero-order valence-electron chi connectivity index (χ0n) is 18.3. The molecule has 1 aliphatic rings. The van der Waals surface area contributed by atoms with Gasteiger partial charge >= 0.3 is 12.1 Å². The van der Waals surface area contributed by atoms with Crippen LogP contribution in [0.5, 0.6) is 5.75 Å². The predicted octanol–water partition coefficient (Wildman–Crippen LogP) is 7.32. The van der Waals surface area contributed by atoms with Crippen LogP contribution < -0.4 is 4.74 Å². The molecule has 0 N–H and O–H groups in total. The Labute approximate surface area is 203 Å². The Morgan fingerprint density at radius 3 is 2.47 bits per heavy atom. The molecule has 1 aromatic heterocycles. The minimum Gasteiger partial charge on any atom is -0.488 e. The van der Waals surface area contributed by atoms with Crippen molar-refractivity contribution in [3.63, 3.8) is 0 Å². The Morgan fingerprint density at radius 2 is 1.76 bits per heavy atom. The number of halogens is 4. The normalized spacial score (nSPS) is 13.8. The maximum absolute atomic E-state index is 13.6. The van der Waals surface area contributed by atoms with Crippen molar-refractivity contribution in [3.05, 3.63) is 93.2 Å². The Balaban J connectivity index is 1.77. The van der Waals surface area contributed by atoms with Gasteiger partial charge in [-0.1, -0.05) is 34.1 Å². The van der Waals surface area contributed by atoms with E-state index in [1.807, 2.05) is 24.3 Å². The van der Waals surface area contributed by atoms with Gasteiger partial charge in [0.2, 0.25) is 0 Å². The molecule has 0 fully saturated rings. The smallest absolute Gasteiger partial charge is 0.416 e. The van der Waals surface area contributed by atoms with E-state index in [1.165, 1.54) is 13.2 Å². The van der Waals surface area contributed by atoms with Crippen molar-refractivity contribution in [1.29, 1.82) is 0 Å². The second kappa shape index (κ2) is 10.0. The first-order valence-electron chi connectivity index (χ1n) is 10.6. The van der Waals surface area contributed by atoms with Gasteiger partial charge in [-0.2, -0.15) is 13.2 Å². The second-order valence-electron chi connectivity index (χ2n) is 7.83. The number of rotatable bonds is 6. The molecule has 2 aromatic carbocycles. The summed E-state index contributed by atoms with van der Waals surface area (Å²) in [4.78, 5) is 16.3. The molecule has 3 aromatic rings. The van der Waals surface area contributed by atoms with Crippen LogP contribution in [-0.4, -0.2) is 18.1 Å². The molecule has 4 rings (SSSR count). The number of pyridine rings is 1. The molecule has 1 aliphatic carbocycles. The van der Waals surface area contributed by atoms with Crippen LogP contribution in [0, 0.1) is 0 Å². The summed E-state index contributed by atoms with van der Waals surface area (Å²) < 4.78 is 52.3. The number of alkyl halides is 3. The molecular weight excluding hydrogens is 511 g/mol. The third kappa shape index (κ3) is 5.33. The fourth-order valence-electron chi connectivity index (χ4n) is 3.95.